The van der Waals surface area contributed by atoms with Gasteiger partial charge in [-0.3, -0.25) is 14.4 Å². The van der Waals surface area contributed by atoms with Crippen molar-refractivity contribution >= 4 is 46.9 Å². The molecule has 0 aliphatic carbocycles. The van der Waals surface area contributed by atoms with Gasteiger partial charge in [-0.15, -0.1) is 11.8 Å². The van der Waals surface area contributed by atoms with E-state index in [-0.39, 0.29) is 11.6 Å². The molecule has 254 valence electrons. The van der Waals surface area contributed by atoms with E-state index in [1.54, 1.807) is 74.7 Å². The molecule has 0 radical (unpaired) electrons. The van der Waals surface area contributed by atoms with E-state index in [2.05, 4.69) is 16.0 Å². The lowest BCUT2D eigenvalue weighted by atomic mass is 10.1. The van der Waals surface area contributed by atoms with E-state index in [0.717, 1.165) is 10.5 Å². The molecule has 0 fully saturated rings. The zero-order valence-corrected chi connectivity index (χ0v) is 28.7. The van der Waals surface area contributed by atoms with Gasteiger partial charge in [0.15, 0.2) is 0 Å². The largest absolute Gasteiger partial charge is 0.497 e. The number of hydrogen-bond donors (Lipinski definition) is 3. The van der Waals surface area contributed by atoms with Gasteiger partial charge >= 0.3 is 0 Å². The summed E-state index contributed by atoms with van der Waals surface area (Å²) in [6, 6.07) is 38.1. The Morgan fingerprint density at radius 1 is 0.740 bits per heavy atom. The van der Waals surface area contributed by atoms with E-state index < -0.39 is 17.1 Å². The number of hydrogen-bond acceptors (Lipinski definition) is 7. The van der Waals surface area contributed by atoms with E-state index in [1.807, 2.05) is 72.8 Å². The van der Waals surface area contributed by atoms with E-state index in [9.17, 15) is 14.4 Å². The van der Waals surface area contributed by atoms with Crippen LogP contribution in [0.5, 0.6) is 17.2 Å². The molecule has 5 aromatic rings. The first-order chi connectivity index (χ1) is 24.3. The molecule has 3 amide bonds. The lowest BCUT2D eigenvalue weighted by Crippen LogP contribution is -2.30. The molecule has 0 bridgehead atoms. The SMILES string of the molecule is COc1ccc(OC)c(NC(=O)C(C)Sc2ccc(NC(=O)/C(=C/c3ccc(OCc4ccccc4)cc3)NC(=O)c3ccccc3)cc2)c1. The molecule has 0 aliphatic heterocycles. The third kappa shape index (κ3) is 10.0. The number of ether oxygens (including phenoxy) is 3. The molecule has 0 saturated carbocycles. The number of anilines is 2. The van der Waals surface area contributed by atoms with Crippen LogP contribution in [0, 0.1) is 0 Å². The van der Waals surface area contributed by atoms with Gasteiger partial charge in [-0.05, 0) is 84.8 Å². The van der Waals surface area contributed by atoms with Crippen molar-refractivity contribution in [3.05, 3.63) is 150 Å². The number of amides is 3. The van der Waals surface area contributed by atoms with Crippen LogP contribution in [0.4, 0.5) is 11.4 Å². The predicted octanol–water partition coefficient (Wildman–Crippen LogP) is 7.81. The van der Waals surface area contributed by atoms with Crippen molar-refractivity contribution in [1.82, 2.24) is 5.32 Å². The summed E-state index contributed by atoms with van der Waals surface area (Å²) < 4.78 is 16.5. The van der Waals surface area contributed by atoms with E-state index >= 15 is 0 Å². The average molecular weight is 688 g/mol. The number of rotatable bonds is 14. The molecule has 0 spiro atoms. The third-order valence-corrected chi connectivity index (χ3v) is 8.54. The van der Waals surface area contributed by atoms with Gasteiger partial charge in [0.05, 0.1) is 25.2 Å². The van der Waals surface area contributed by atoms with Crippen LogP contribution in [0.1, 0.15) is 28.4 Å². The van der Waals surface area contributed by atoms with Gasteiger partial charge in [-0.25, -0.2) is 0 Å². The zero-order valence-electron chi connectivity index (χ0n) is 27.8. The molecule has 50 heavy (non-hydrogen) atoms. The van der Waals surface area contributed by atoms with Crippen LogP contribution in [-0.2, 0) is 16.2 Å². The van der Waals surface area contributed by atoms with Crippen molar-refractivity contribution in [1.29, 1.82) is 0 Å². The van der Waals surface area contributed by atoms with Gasteiger partial charge in [0.2, 0.25) is 5.91 Å². The Bertz CT molecular complexity index is 1930. The Balaban J connectivity index is 1.25. The second-order valence-corrected chi connectivity index (χ2v) is 12.4. The van der Waals surface area contributed by atoms with Crippen molar-refractivity contribution in [2.24, 2.45) is 0 Å². The fourth-order valence-corrected chi connectivity index (χ4v) is 5.60. The maximum absolute atomic E-state index is 13.5. The summed E-state index contributed by atoms with van der Waals surface area (Å²) in [7, 11) is 3.09. The van der Waals surface area contributed by atoms with Gasteiger partial charge in [-0.2, -0.15) is 0 Å². The first-order valence-corrected chi connectivity index (χ1v) is 16.6. The third-order valence-electron chi connectivity index (χ3n) is 7.43. The van der Waals surface area contributed by atoms with Crippen LogP contribution >= 0.6 is 11.8 Å². The molecule has 3 N–H and O–H groups in total. The maximum atomic E-state index is 13.5. The molecule has 1 unspecified atom stereocenters. The predicted molar refractivity (Wildman–Crippen MR) is 198 cm³/mol. The number of benzene rings is 5. The van der Waals surface area contributed by atoms with Crippen LogP contribution in [-0.4, -0.2) is 37.2 Å². The summed E-state index contributed by atoms with van der Waals surface area (Å²) in [6.45, 7) is 2.23. The summed E-state index contributed by atoms with van der Waals surface area (Å²) in [5.41, 5.74) is 3.26. The Morgan fingerprint density at radius 2 is 1.40 bits per heavy atom. The zero-order chi connectivity index (χ0) is 35.3. The topological polar surface area (TPSA) is 115 Å². The van der Waals surface area contributed by atoms with Crippen LogP contribution in [0.3, 0.4) is 0 Å². The highest BCUT2D eigenvalue weighted by molar-refractivity contribution is 8.00. The van der Waals surface area contributed by atoms with Crippen LogP contribution < -0.4 is 30.2 Å². The smallest absolute Gasteiger partial charge is 0.272 e. The molecule has 0 aromatic heterocycles. The highest BCUT2D eigenvalue weighted by atomic mass is 32.2. The first kappa shape index (κ1) is 35.3. The van der Waals surface area contributed by atoms with Gasteiger partial charge in [-0.1, -0.05) is 60.7 Å². The van der Waals surface area contributed by atoms with Gasteiger partial charge in [0.1, 0.15) is 29.6 Å². The highest BCUT2D eigenvalue weighted by Crippen LogP contribution is 2.31. The average Bonchev–Trinajstić information content (AvgIpc) is 3.15. The lowest BCUT2D eigenvalue weighted by Gasteiger charge is -2.15. The van der Waals surface area contributed by atoms with Gasteiger partial charge < -0.3 is 30.2 Å². The molecule has 10 heteroatoms. The van der Waals surface area contributed by atoms with Crippen molar-refractivity contribution in [3.8, 4) is 17.2 Å². The lowest BCUT2D eigenvalue weighted by molar-refractivity contribution is -0.115. The first-order valence-electron chi connectivity index (χ1n) is 15.8. The summed E-state index contributed by atoms with van der Waals surface area (Å²) in [5.74, 6) is 0.668. The summed E-state index contributed by atoms with van der Waals surface area (Å²) >= 11 is 1.36. The molecule has 0 aliphatic rings. The number of carbonyl (C=O) groups is 3. The molecule has 1 atom stereocenters. The molecule has 0 heterocycles. The number of thioether (sulfide) groups is 1. The van der Waals surface area contributed by atoms with Crippen LogP contribution in [0.25, 0.3) is 6.08 Å². The van der Waals surface area contributed by atoms with Crippen molar-refractivity contribution in [2.45, 2.75) is 23.7 Å². The Morgan fingerprint density at radius 3 is 2.06 bits per heavy atom. The Labute approximate surface area is 295 Å². The summed E-state index contributed by atoms with van der Waals surface area (Å²) in [6.07, 6.45) is 1.61. The Kier molecular flexibility index (Phi) is 12.3. The standard InChI is InChI=1S/C40H37N3O6S/c1-27(38(44)42-35-25-33(47-2)20-23-37(35)48-3)50-34-21-16-31(17-22-34)41-40(46)36(43-39(45)30-12-8-5-9-13-30)24-28-14-18-32(19-15-28)49-26-29-10-6-4-7-11-29/h4-25,27H,26H2,1-3H3,(H,41,46)(H,42,44)(H,43,45)/b36-24-. The van der Waals surface area contributed by atoms with Gasteiger partial charge in [0.25, 0.3) is 11.8 Å². The second-order valence-electron chi connectivity index (χ2n) is 11.0. The minimum Gasteiger partial charge on any atom is -0.497 e. The maximum Gasteiger partial charge on any atom is 0.272 e. The minimum atomic E-state index is -0.501. The number of nitrogens with one attached hydrogen (secondary N) is 3. The molecular formula is C40H37N3O6S. The summed E-state index contributed by atoms with van der Waals surface area (Å²) in [4.78, 5) is 40.4. The van der Waals surface area contributed by atoms with E-state index in [1.165, 1.54) is 18.9 Å². The quantitative estimate of drug-likeness (QED) is 0.0806. The Hall–Kier alpha value is -6.00. The fraction of sp³-hybridized carbons (Fsp3) is 0.125. The highest BCUT2D eigenvalue weighted by Gasteiger charge is 2.18. The number of carbonyl (C=O) groups excluding carboxylic acids is 3. The van der Waals surface area contributed by atoms with E-state index in [4.69, 9.17) is 14.2 Å². The number of methoxy groups -OCH3 is 2. The van der Waals surface area contributed by atoms with Crippen molar-refractivity contribution in [3.63, 3.8) is 0 Å². The fourth-order valence-electron chi connectivity index (χ4n) is 4.73. The molecule has 5 rings (SSSR count). The summed E-state index contributed by atoms with van der Waals surface area (Å²) in [5, 5.41) is 8.09. The normalized spacial score (nSPS) is 11.5. The minimum absolute atomic E-state index is 0.0634. The molecule has 0 saturated heterocycles. The van der Waals surface area contributed by atoms with Crippen molar-refractivity contribution < 1.29 is 28.6 Å². The second kappa shape index (κ2) is 17.4. The molecule has 9 nitrogen and oxygen atoms in total. The monoisotopic (exact) mass is 687 g/mol. The van der Waals surface area contributed by atoms with Crippen LogP contribution in [0.2, 0.25) is 0 Å². The molecule has 5 aromatic carbocycles. The van der Waals surface area contributed by atoms with Crippen molar-refractivity contribution in [2.75, 3.05) is 24.9 Å². The molecular weight excluding hydrogens is 651 g/mol. The van der Waals surface area contributed by atoms with Gasteiger partial charge in [0, 0.05) is 22.2 Å². The van der Waals surface area contributed by atoms with Crippen LogP contribution in [0.15, 0.2) is 138 Å². The van der Waals surface area contributed by atoms with E-state index in [0.29, 0.717) is 46.4 Å².